The van der Waals surface area contributed by atoms with Crippen molar-refractivity contribution in [3.8, 4) is 44.5 Å². The van der Waals surface area contributed by atoms with Gasteiger partial charge in [-0.3, -0.25) is 0 Å². The molecule has 11 aromatic rings. The lowest BCUT2D eigenvalue weighted by molar-refractivity contribution is 0.670. The highest BCUT2D eigenvalue weighted by atomic mass is 32.1. The molecular formula is C54H35NOS. The number of thiophene rings is 1. The first-order valence-electron chi connectivity index (χ1n) is 19.3. The van der Waals surface area contributed by atoms with Gasteiger partial charge in [0.2, 0.25) is 0 Å². The summed E-state index contributed by atoms with van der Waals surface area (Å²) in [5, 5.41) is 4.78. The Morgan fingerprint density at radius 2 is 0.947 bits per heavy atom. The van der Waals surface area contributed by atoms with E-state index in [1.165, 1.54) is 42.4 Å². The van der Waals surface area contributed by atoms with Crippen LogP contribution in [0.3, 0.4) is 0 Å². The van der Waals surface area contributed by atoms with E-state index in [0.717, 1.165) is 61.3 Å². The van der Waals surface area contributed by atoms with E-state index in [9.17, 15) is 0 Å². The Kier molecular flexibility index (Phi) is 8.04. The number of rotatable bonds is 7. The number of furan rings is 1. The molecule has 0 fully saturated rings. The van der Waals surface area contributed by atoms with Gasteiger partial charge in [-0.15, -0.1) is 11.3 Å². The molecular weight excluding hydrogens is 711 g/mol. The summed E-state index contributed by atoms with van der Waals surface area (Å²) in [6, 6.07) is 76.3. The van der Waals surface area contributed by atoms with E-state index in [1.807, 2.05) is 17.4 Å². The summed E-state index contributed by atoms with van der Waals surface area (Å²) in [7, 11) is 0. The Labute approximate surface area is 335 Å². The third-order valence-corrected chi connectivity index (χ3v) is 12.2. The third-order valence-electron chi connectivity index (χ3n) is 11.1. The van der Waals surface area contributed by atoms with Crippen molar-refractivity contribution in [1.82, 2.24) is 0 Å². The van der Waals surface area contributed by atoms with Gasteiger partial charge in [-0.2, -0.15) is 0 Å². The van der Waals surface area contributed by atoms with Crippen LogP contribution in [0.4, 0.5) is 17.1 Å². The van der Waals surface area contributed by atoms with Crippen LogP contribution < -0.4 is 4.90 Å². The van der Waals surface area contributed by atoms with Crippen LogP contribution in [0.5, 0.6) is 0 Å². The molecule has 0 aliphatic carbocycles. The zero-order valence-corrected chi connectivity index (χ0v) is 31.8. The highest BCUT2D eigenvalue weighted by molar-refractivity contribution is 7.26. The van der Waals surface area contributed by atoms with Crippen LogP contribution >= 0.6 is 11.3 Å². The maximum Gasteiger partial charge on any atom is 0.143 e. The summed E-state index contributed by atoms with van der Waals surface area (Å²) >= 11 is 1.85. The molecule has 268 valence electrons. The molecule has 0 N–H and O–H groups in total. The fraction of sp³-hybridized carbons (Fsp3) is 0. The third kappa shape index (κ3) is 5.80. The molecule has 2 heterocycles. The minimum Gasteiger partial charge on any atom is -0.455 e. The molecule has 0 aliphatic rings. The Morgan fingerprint density at radius 3 is 1.70 bits per heavy atom. The number of para-hydroxylation sites is 1. The van der Waals surface area contributed by atoms with Gasteiger partial charge in [0, 0.05) is 47.9 Å². The first-order valence-corrected chi connectivity index (χ1v) is 20.1. The van der Waals surface area contributed by atoms with Gasteiger partial charge in [-0.05, 0) is 93.5 Å². The van der Waals surface area contributed by atoms with Crippen molar-refractivity contribution < 1.29 is 4.42 Å². The van der Waals surface area contributed by atoms with Crippen LogP contribution in [0.2, 0.25) is 0 Å². The van der Waals surface area contributed by atoms with E-state index < -0.39 is 0 Å². The van der Waals surface area contributed by atoms with Gasteiger partial charge < -0.3 is 9.32 Å². The molecule has 9 aromatic carbocycles. The van der Waals surface area contributed by atoms with Crippen LogP contribution in [0, 0.1) is 0 Å². The fourth-order valence-electron chi connectivity index (χ4n) is 8.39. The molecule has 2 aromatic heterocycles. The zero-order valence-electron chi connectivity index (χ0n) is 31.0. The molecule has 0 bridgehead atoms. The van der Waals surface area contributed by atoms with Gasteiger partial charge in [0.25, 0.3) is 0 Å². The van der Waals surface area contributed by atoms with Crippen LogP contribution in [0.25, 0.3) is 86.6 Å². The first-order chi connectivity index (χ1) is 28.3. The smallest absolute Gasteiger partial charge is 0.143 e. The van der Waals surface area contributed by atoms with E-state index in [0.29, 0.717) is 0 Å². The van der Waals surface area contributed by atoms with Crippen molar-refractivity contribution in [3.63, 3.8) is 0 Å². The number of hydrogen-bond acceptors (Lipinski definition) is 3. The van der Waals surface area contributed by atoms with Crippen molar-refractivity contribution in [2.45, 2.75) is 0 Å². The van der Waals surface area contributed by atoms with Gasteiger partial charge >= 0.3 is 0 Å². The Hall–Kier alpha value is -7.20. The second kappa shape index (κ2) is 13.8. The Bertz CT molecular complexity index is 3220. The number of nitrogens with zero attached hydrogens (tertiary/aromatic N) is 1. The number of anilines is 3. The topological polar surface area (TPSA) is 16.4 Å². The standard InChI is InChI=1S/C54H35NOS/c1-4-14-37(15-5-1)43-32-31-42(35-47(43)39-18-8-3-9-19-39)55(49-23-13-25-52-53(49)46-20-10-11-24-51(46)57-52)41-29-26-36(27-30-41)40-28-33-50-48(34-40)45-22-12-21-44(54(45)56-50)38-16-6-2-7-17-38/h1-35H. The summed E-state index contributed by atoms with van der Waals surface area (Å²) in [6.45, 7) is 0. The summed E-state index contributed by atoms with van der Waals surface area (Å²) in [6.07, 6.45) is 0. The number of fused-ring (bicyclic) bond motifs is 6. The monoisotopic (exact) mass is 745 g/mol. The molecule has 0 spiro atoms. The summed E-state index contributed by atoms with van der Waals surface area (Å²) < 4.78 is 9.07. The van der Waals surface area contributed by atoms with E-state index in [-0.39, 0.29) is 0 Å². The second-order valence-electron chi connectivity index (χ2n) is 14.5. The minimum absolute atomic E-state index is 0.893. The van der Waals surface area contributed by atoms with Gasteiger partial charge in [0.1, 0.15) is 11.2 Å². The molecule has 11 rings (SSSR count). The lowest BCUT2D eigenvalue weighted by atomic mass is 9.93. The van der Waals surface area contributed by atoms with Crippen molar-refractivity contribution in [2.24, 2.45) is 0 Å². The zero-order chi connectivity index (χ0) is 37.7. The van der Waals surface area contributed by atoms with Gasteiger partial charge in [-0.1, -0.05) is 158 Å². The average molecular weight is 746 g/mol. The Morgan fingerprint density at radius 1 is 0.351 bits per heavy atom. The summed E-state index contributed by atoms with van der Waals surface area (Å²) in [5.41, 5.74) is 14.5. The highest BCUT2D eigenvalue weighted by Gasteiger charge is 2.21. The normalized spacial score (nSPS) is 11.5. The molecule has 0 aliphatic heterocycles. The molecule has 2 nitrogen and oxygen atoms in total. The molecule has 0 atom stereocenters. The van der Waals surface area contributed by atoms with Crippen molar-refractivity contribution in [2.75, 3.05) is 4.90 Å². The van der Waals surface area contributed by atoms with E-state index in [4.69, 9.17) is 4.42 Å². The van der Waals surface area contributed by atoms with Gasteiger partial charge in [-0.25, -0.2) is 0 Å². The van der Waals surface area contributed by atoms with Gasteiger partial charge in [0.15, 0.2) is 0 Å². The number of benzene rings is 9. The summed E-state index contributed by atoms with van der Waals surface area (Å²) in [4.78, 5) is 2.43. The molecule has 0 amide bonds. The Balaban J connectivity index is 1.07. The van der Waals surface area contributed by atoms with Crippen LogP contribution in [0.1, 0.15) is 0 Å². The largest absolute Gasteiger partial charge is 0.455 e. The van der Waals surface area contributed by atoms with E-state index in [1.54, 1.807) is 0 Å². The minimum atomic E-state index is 0.893. The lowest BCUT2D eigenvalue weighted by Gasteiger charge is -2.28. The molecule has 3 heteroatoms. The van der Waals surface area contributed by atoms with E-state index >= 15 is 0 Å². The summed E-state index contributed by atoms with van der Waals surface area (Å²) in [5.74, 6) is 0. The SMILES string of the molecule is c1ccc(-c2ccc(N(c3ccc(-c4ccc5oc6c(-c7ccccc7)cccc6c5c4)cc3)c3cccc4sc5ccccc5c34)cc2-c2ccccc2)cc1. The van der Waals surface area contributed by atoms with Gasteiger partial charge in [0.05, 0.1) is 5.69 Å². The molecule has 0 saturated heterocycles. The molecule has 0 radical (unpaired) electrons. The maximum absolute atomic E-state index is 6.51. The molecule has 0 saturated carbocycles. The average Bonchev–Trinajstić information content (AvgIpc) is 3.86. The van der Waals surface area contributed by atoms with Crippen LogP contribution in [0.15, 0.2) is 217 Å². The predicted octanol–water partition coefficient (Wildman–Crippen LogP) is 16.1. The second-order valence-corrected chi connectivity index (χ2v) is 15.5. The fourth-order valence-corrected chi connectivity index (χ4v) is 9.52. The van der Waals surface area contributed by atoms with Crippen molar-refractivity contribution >= 4 is 70.5 Å². The van der Waals surface area contributed by atoms with Crippen LogP contribution in [-0.4, -0.2) is 0 Å². The number of hydrogen-bond donors (Lipinski definition) is 0. The molecule has 0 unspecified atom stereocenters. The molecule has 57 heavy (non-hydrogen) atoms. The van der Waals surface area contributed by atoms with E-state index in [2.05, 4.69) is 211 Å². The first kappa shape index (κ1) is 33.2. The highest BCUT2D eigenvalue weighted by Crippen LogP contribution is 2.47. The van der Waals surface area contributed by atoms with Crippen LogP contribution in [-0.2, 0) is 0 Å². The van der Waals surface area contributed by atoms with Crippen molar-refractivity contribution in [3.05, 3.63) is 212 Å². The predicted molar refractivity (Wildman–Crippen MR) is 243 cm³/mol. The quantitative estimate of drug-likeness (QED) is 0.162. The maximum atomic E-state index is 6.51. The van der Waals surface area contributed by atoms with Crippen molar-refractivity contribution in [1.29, 1.82) is 0 Å². The lowest BCUT2D eigenvalue weighted by Crippen LogP contribution is -2.10.